The van der Waals surface area contributed by atoms with E-state index in [-0.39, 0.29) is 5.91 Å². The normalized spacial score (nSPS) is 12.1. The number of ether oxygens (including phenoxy) is 2. The lowest BCUT2D eigenvalue weighted by Gasteiger charge is -2.20. The molecule has 156 valence electrons. The minimum atomic E-state index is -0.166. The van der Waals surface area contributed by atoms with Crippen molar-refractivity contribution in [3.63, 3.8) is 0 Å². The molecule has 1 N–H and O–H groups in total. The summed E-state index contributed by atoms with van der Waals surface area (Å²) in [5, 5.41) is 12.8. The summed E-state index contributed by atoms with van der Waals surface area (Å²) in [5.41, 5.74) is 2.11. The Balaban J connectivity index is 1.43. The van der Waals surface area contributed by atoms with Crippen LogP contribution < -0.4 is 14.8 Å². The summed E-state index contributed by atoms with van der Waals surface area (Å²) >= 11 is 7.70. The van der Waals surface area contributed by atoms with Crippen LogP contribution in [-0.2, 0) is 6.42 Å². The van der Waals surface area contributed by atoms with Crippen LogP contribution in [-0.4, -0.2) is 25.7 Å². The van der Waals surface area contributed by atoms with Gasteiger partial charge in [0.15, 0.2) is 11.5 Å². The number of hydrogen-bond donors (Lipinski definition) is 1. The summed E-state index contributed by atoms with van der Waals surface area (Å²) in [7, 11) is 0. The minimum absolute atomic E-state index is 0.166. The average Bonchev–Trinajstić information content (AvgIpc) is 2.80. The molecule has 0 aliphatic carbocycles. The van der Waals surface area contributed by atoms with Crippen LogP contribution >= 0.6 is 23.4 Å². The van der Waals surface area contributed by atoms with Crippen molar-refractivity contribution in [1.82, 2.24) is 5.32 Å². The average molecular weight is 451 g/mol. The number of rotatable bonds is 6. The molecule has 7 heteroatoms. The Hall–Kier alpha value is -3.14. The molecular weight excluding hydrogens is 432 g/mol. The predicted molar refractivity (Wildman–Crippen MR) is 120 cm³/mol. The first-order valence-electron chi connectivity index (χ1n) is 9.78. The molecule has 0 atom stereocenters. The van der Waals surface area contributed by atoms with Crippen molar-refractivity contribution >= 4 is 29.3 Å². The zero-order chi connectivity index (χ0) is 21.6. The van der Waals surface area contributed by atoms with Crippen LogP contribution in [0.3, 0.4) is 0 Å². The highest BCUT2D eigenvalue weighted by molar-refractivity contribution is 7.99. The number of amides is 1. The van der Waals surface area contributed by atoms with E-state index in [2.05, 4.69) is 11.4 Å². The van der Waals surface area contributed by atoms with Crippen molar-refractivity contribution in [3.8, 4) is 17.6 Å². The van der Waals surface area contributed by atoms with E-state index in [0.29, 0.717) is 53.8 Å². The van der Waals surface area contributed by atoms with E-state index in [1.54, 1.807) is 12.1 Å². The molecule has 0 unspecified atom stereocenters. The number of benzene rings is 3. The van der Waals surface area contributed by atoms with Gasteiger partial charge in [0.1, 0.15) is 19.3 Å². The molecule has 1 aliphatic heterocycles. The third-order valence-corrected chi connectivity index (χ3v) is 6.15. The Bertz CT molecular complexity index is 1160. The summed E-state index contributed by atoms with van der Waals surface area (Å²) in [6, 6.07) is 20.7. The number of carbonyl (C=O) groups is 1. The van der Waals surface area contributed by atoms with E-state index in [9.17, 15) is 10.1 Å². The highest BCUT2D eigenvalue weighted by Gasteiger charge is 2.17. The van der Waals surface area contributed by atoms with Crippen LogP contribution in [0.1, 0.15) is 21.5 Å². The van der Waals surface area contributed by atoms with Gasteiger partial charge in [-0.15, -0.1) is 0 Å². The van der Waals surface area contributed by atoms with Gasteiger partial charge in [0.05, 0.1) is 16.1 Å². The third kappa shape index (κ3) is 4.96. The molecule has 3 aromatic rings. The second kappa shape index (κ2) is 9.78. The van der Waals surface area contributed by atoms with Crippen molar-refractivity contribution in [2.75, 3.05) is 19.8 Å². The predicted octanol–water partition coefficient (Wildman–Crippen LogP) is 5.11. The van der Waals surface area contributed by atoms with E-state index in [1.807, 2.05) is 48.5 Å². The number of fused-ring (bicyclic) bond motifs is 1. The fourth-order valence-electron chi connectivity index (χ4n) is 3.23. The lowest BCUT2D eigenvalue weighted by atomic mass is 10.1. The van der Waals surface area contributed by atoms with Gasteiger partial charge in [0.25, 0.3) is 5.91 Å². The largest absolute Gasteiger partial charge is 0.486 e. The number of halogens is 1. The van der Waals surface area contributed by atoms with Crippen molar-refractivity contribution in [2.24, 2.45) is 0 Å². The molecule has 0 aromatic heterocycles. The first-order valence-corrected chi connectivity index (χ1v) is 11.0. The summed E-state index contributed by atoms with van der Waals surface area (Å²) in [6.45, 7) is 1.42. The van der Waals surface area contributed by atoms with E-state index in [0.717, 1.165) is 15.4 Å². The number of carbonyl (C=O) groups excluding carboxylic acids is 1. The van der Waals surface area contributed by atoms with E-state index in [1.165, 1.54) is 11.8 Å². The molecule has 0 saturated carbocycles. The number of nitriles is 1. The molecule has 5 nitrogen and oxygen atoms in total. The van der Waals surface area contributed by atoms with E-state index in [4.69, 9.17) is 21.1 Å². The molecule has 0 fully saturated rings. The third-order valence-electron chi connectivity index (χ3n) is 4.71. The quantitative estimate of drug-likeness (QED) is 0.565. The van der Waals surface area contributed by atoms with Gasteiger partial charge in [0.2, 0.25) is 0 Å². The molecule has 0 radical (unpaired) electrons. The first-order chi connectivity index (χ1) is 15.2. The van der Waals surface area contributed by atoms with Crippen LogP contribution in [0.4, 0.5) is 0 Å². The molecule has 0 saturated heterocycles. The van der Waals surface area contributed by atoms with Crippen molar-refractivity contribution in [3.05, 3.63) is 82.4 Å². The molecule has 1 aliphatic rings. The molecule has 1 amide bonds. The Labute approximate surface area is 189 Å². The monoisotopic (exact) mass is 450 g/mol. The molecule has 31 heavy (non-hydrogen) atoms. The molecule has 4 rings (SSSR count). The Morgan fingerprint density at radius 2 is 1.81 bits per heavy atom. The maximum absolute atomic E-state index is 12.8. The van der Waals surface area contributed by atoms with Crippen molar-refractivity contribution in [2.45, 2.75) is 16.2 Å². The van der Waals surface area contributed by atoms with Crippen LogP contribution in [0.5, 0.6) is 11.5 Å². The smallest absolute Gasteiger partial charge is 0.252 e. The molecule has 3 aromatic carbocycles. The topological polar surface area (TPSA) is 71.4 Å². The van der Waals surface area contributed by atoms with Gasteiger partial charge < -0.3 is 14.8 Å². The highest BCUT2D eigenvalue weighted by atomic mass is 35.5. The fraction of sp³-hybridized carbons (Fsp3) is 0.167. The lowest BCUT2D eigenvalue weighted by Crippen LogP contribution is -2.26. The second-order valence-electron chi connectivity index (χ2n) is 6.81. The summed E-state index contributed by atoms with van der Waals surface area (Å²) in [6.07, 6.45) is 0.606. The van der Waals surface area contributed by atoms with Gasteiger partial charge in [-0.2, -0.15) is 5.26 Å². The van der Waals surface area contributed by atoms with E-state index < -0.39 is 0 Å². The molecule has 0 spiro atoms. The maximum Gasteiger partial charge on any atom is 0.252 e. The van der Waals surface area contributed by atoms with Gasteiger partial charge in [0, 0.05) is 16.3 Å². The Morgan fingerprint density at radius 1 is 1.06 bits per heavy atom. The Morgan fingerprint density at radius 3 is 2.65 bits per heavy atom. The maximum atomic E-state index is 12.8. The van der Waals surface area contributed by atoms with E-state index >= 15 is 0 Å². The SMILES string of the molecule is N#Cc1ccccc1Sc1ccccc1C(=O)NCCc1cc(Cl)c2c(c1)OCCO2. The lowest BCUT2D eigenvalue weighted by molar-refractivity contribution is 0.0951. The first kappa shape index (κ1) is 21.1. The van der Waals surface area contributed by atoms with Gasteiger partial charge >= 0.3 is 0 Å². The zero-order valence-corrected chi connectivity index (χ0v) is 18.1. The van der Waals surface area contributed by atoms with Crippen LogP contribution in [0.25, 0.3) is 0 Å². The zero-order valence-electron chi connectivity index (χ0n) is 16.6. The summed E-state index contributed by atoms with van der Waals surface area (Å²) < 4.78 is 11.1. The molecule has 0 bridgehead atoms. The summed E-state index contributed by atoms with van der Waals surface area (Å²) in [5.74, 6) is 1.04. The molecular formula is C24H19ClN2O3S. The second-order valence-corrected chi connectivity index (χ2v) is 8.30. The summed E-state index contributed by atoms with van der Waals surface area (Å²) in [4.78, 5) is 14.5. The number of nitrogens with zero attached hydrogens (tertiary/aromatic N) is 1. The Kier molecular flexibility index (Phi) is 6.66. The number of nitrogens with one attached hydrogen (secondary N) is 1. The molecule has 1 heterocycles. The van der Waals surface area contributed by atoms with Crippen molar-refractivity contribution in [1.29, 1.82) is 5.26 Å². The van der Waals surface area contributed by atoms with Crippen LogP contribution in [0.15, 0.2) is 70.5 Å². The van der Waals surface area contributed by atoms with Crippen LogP contribution in [0.2, 0.25) is 5.02 Å². The van der Waals surface area contributed by atoms with Gasteiger partial charge in [-0.25, -0.2) is 0 Å². The van der Waals surface area contributed by atoms with Gasteiger partial charge in [-0.05, 0) is 48.4 Å². The van der Waals surface area contributed by atoms with Crippen LogP contribution in [0, 0.1) is 11.3 Å². The van der Waals surface area contributed by atoms with Crippen molar-refractivity contribution < 1.29 is 14.3 Å². The van der Waals surface area contributed by atoms with Gasteiger partial charge in [-0.1, -0.05) is 47.6 Å². The standard InChI is InChI=1S/C24H19ClN2O3S/c25-19-13-16(14-20-23(19)30-12-11-29-20)9-10-27-24(28)18-6-2-4-8-22(18)31-21-7-3-1-5-17(21)15-26/h1-8,13-14H,9-12H2,(H,27,28). The highest BCUT2D eigenvalue weighted by Crippen LogP contribution is 2.38. The van der Waals surface area contributed by atoms with Gasteiger partial charge in [-0.3, -0.25) is 4.79 Å². The minimum Gasteiger partial charge on any atom is -0.486 e. The number of hydrogen-bond acceptors (Lipinski definition) is 5. The fourth-order valence-corrected chi connectivity index (χ4v) is 4.55.